The molecule has 9 heteroatoms. The first-order valence-electron chi connectivity index (χ1n) is 8.22. The summed E-state index contributed by atoms with van der Waals surface area (Å²) in [5.41, 5.74) is 1.26. The van der Waals surface area contributed by atoms with Crippen molar-refractivity contribution in [1.82, 2.24) is 9.78 Å². The smallest absolute Gasteiger partial charge is 0.271 e. The van der Waals surface area contributed by atoms with Gasteiger partial charge in [-0.05, 0) is 42.8 Å². The topological polar surface area (TPSA) is 107 Å². The van der Waals surface area contributed by atoms with Gasteiger partial charge in [0.1, 0.15) is 12.4 Å². The fourth-order valence-corrected chi connectivity index (χ4v) is 2.52. The number of aromatic nitrogens is 2. The third-order valence-corrected chi connectivity index (χ3v) is 4.01. The molecule has 0 aliphatic carbocycles. The lowest BCUT2D eigenvalue weighted by Crippen LogP contribution is -2.29. The Bertz CT molecular complexity index is 1110. The minimum atomic E-state index is -0.562. The van der Waals surface area contributed by atoms with Crippen molar-refractivity contribution in [2.45, 2.75) is 13.5 Å². The first-order valence-corrected chi connectivity index (χ1v) is 8.22. The van der Waals surface area contributed by atoms with E-state index in [2.05, 4.69) is 10.4 Å². The number of amides is 1. The number of carbonyl (C=O) groups is 1. The fraction of sp³-hybridized carbons (Fsp3) is 0.105. The van der Waals surface area contributed by atoms with Crippen molar-refractivity contribution in [3.8, 4) is 11.3 Å². The van der Waals surface area contributed by atoms with Crippen LogP contribution in [0.5, 0.6) is 0 Å². The van der Waals surface area contributed by atoms with Crippen LogP contribution in [0.2, 0.25) is 0 Å². The number of halogens is 1. The molecular weight excluding hydrogens is 367 g/mol. The Labute approximate surface area is 158 Å². The maximum atomic E-state index is 13.1. The molecule has 3 aromatic rings. The Morgan fingerprint density at radius 3 is 2.57 bits per heavy atom. The highest BCUT2D eigenvalue weighted by molar-refractivity contribution is 5.91. The molecule has 142 valence electrons. The van der Waals surface area contributed by atoms with Gasteiger partial charge in [-0.2, -0.15) is 5.10 Å². The Hall–Kier alpha value is -3.88. The van der Waals surface area contributed by atoms with E-state index in [-0.39, 0.29) is 17.9 Å². The summed E-state index contributed by atoms with van der Waals surface area (Å²) in [6.07, 6.45) is 0. The Kier molecular flexibility index (Phi) is 5.25. The van der Waals surface area contributed by atoms with E-state index in [4.69, 9.17) is 0 Å². The second-order valence-electron chi connectivity index (χ2n) is 6.03. The molecule has 1 heterocycles. The number of anilines is 1. The number of benzene rings is 2. The van der Waals surface area contributed by atoms with E-state index in [9.17, 15) is 24.1 Å². The van der Waals surface area contributed by atoms with E-state index in [0.29, 0.717) is 16.8 Å². The SMILES string of the molecule is Cc1ccc([N+](=O)[O-])cc1NC(=O)Cn1nc(-c2ccc(F)cc2)ccc1=O. The Morgan fingerprint density at radius 1 is 1.18 bits per heavy atom. The second-order valence-corrected chi connectivity index (χ2v) is 6.03. The molecule has 0 saturated carbocycles. The van der Waals surface area contributed by atoms with Gasteiger partial charge < -0.3 is 5.32 Å². The van der Waals surface area contributed by atoms with Crippen LogP contribution in [0, 0.1) is 22.9 Å². The van der Waals surface area contributed by atoms with Crippen molar-refractivity contribution >= 4 is 17.3 Å². The molecule has 1 aromatic heterocycles. The molecular formula is C19H15FN4O4. The Morgan fingerprint density at radius 2 is 1.89 bits per heavy atom. The molecule has 28 heavy (non-hydrogen) atoms. The lowest BCUT2D eigenvalue weighted by molar-refractivity contribution is -0.384. The fourth-order valence-electron chi connectivity index (χ4n) is 2.52. The van der Waals surface area contributed by atoms with Crippen molar-refractivity contribution in [3.63, 3.8) is 0 Å². The van der Waals surface area contributed by atoms with E-state index in [1.807, 2.05) is 0 Å². The predicted octanol–water partition coefficient (Wildman–Crippen LogP) is 2.90. The number of hydrogen-bond acceptors (Lipinski definition) is 5. The average Bonchev–Trinajstić information content (AvgIpc) is 2.66. The monoisotopic (exact) mass is 382 g/mol. The van der Waals surface area contributed by atoms with Gasteiger partial charge >= 0.3 is 0 Å². The highest BCUT2D eigenvalue weighted by Crippen LogP contribution is 2.22. The quantitative estimate of drug-likeness (QED) is 0.539. The molecule has 2 aromatic carbocycles. The van der Waals surface area contributed by atoms with Crippen LogP contribution in [-0.4, -0.2) is 20.6 Å². The molecule has 0 atom stereocenters. The molecule has 3 rings (SSSR count). The number of nitro groups is 1. The van der Waals surface area contributed by atoms with E-state index < -0.39 is 22.2 Å². The number of aryl methyl sites for hydroxylation is 1. The summed E-state index contributed by atoms with van der Waals surface area (Å²) in [7, 11) is 0. The van der Waals surface area contributed by atoms with E-state index in [1.165, 1.54) is 54.6 Å². The van der Waals surface area contributed by atoms with Crippen molar-refractivity contribution in [2.24, 2.45) is 0 Å². The second kappa shape index (κ2) is 7.78. The van der Waals surface area contributed by atoms with Gasteiger partial charge in [-0.3, -0.25) is 19.7 Å². The van der Waals surface area contributed by atoms with E-state index >= 15 is 0 Å². The van der Waals surface area contributed by atoms with E-state index in [1.54, 1.807) is 6.92 Å². The summed E-state index contributed by atoms with van der Waals surface area (Å²) in [5, 5.41) is 17.6. The highest BCUT2D eigenvalue weighted by Gasteiger charge is 2.13. The minimum absolute atomic E-state index is 0.158. The van der Waals surface area contributed by atoms with Gasteiger partial charge in [0.2, 0.25) is 5.91 Å². The molecule has 0 bridgehead atoms. The summed E-state index contributed by atoms with van der Waals surface area (Å²) in [5.74, 6) is -0.960. The summed E-state index contributed by atoms with van der Waals surface area (Å²) in [6, 6.07) is 12.4. The van der Waals surface area contributed by atoms with Crippen LogP contribution in [-0.2, 0) is 11.3 Å². The van der Waals surface area contributed by atoms with Crippen LogP contribution in [0.3, 0.4) is 0 Å². The summed E-state index contributed by atoms with van der Waals surface area (Å²) in [4.78, 5) is 34.7. The maximum absolute atomic E-state index is 13.1. The Balaban J connectivity index is 1.82. The minimum Gasteiger partial charge on any atom is -0.324 e. The normalized spacial score (nSPS) is 10.5. The molecule has 8 nitrogen and oxygen atoms in total. The standard InChI is InChI=1S/C19H15FN4O4/c1-12-2-7-15(24(27)28)10-17(12)21-18(25)11-23-19(26)9-8-16(22-23)13-3-5-14(20)6-4-13/h2-10H,11H2,1H3,(H,21,25). The predicted molar refractivity (Wildman–Crippen MR) is 100 cm³/mol. The van der Waals surface area contributed by atoms with Crippen LogP contribution in [0.4, 0.5) is 15.8 Å². The molecule has 0 aliphatic heterocycles. The zero-order chi connectivity index (χ0) is 20.3. The van der Waals surface area contributed by atoms with Gasteiger partial charge in [-0.25, -0.2) is 9.07 Å². The van der Waals surface area contributed by atoms with Crippen LogP contribution < -0.4 is 10.9 Å². The van der Waals surface area contributed by atoms with Gasteiger partial charge in [-0.15, -0.1) is 0 Å². The zero-order valence-corrected chi connectivity index (χ0v) is 14.8. The number of non-ortho nitro benzene ring substituents is 1. The third kappa shape index (κ3) is 4.26. The number of rotatable bonds is 5. The highest BCUT2D eigenvalue weighted by atomic mass is 19.1. The number of carbonyl (C=O) groups excluding carboxylic acids is 1. The number of hydrogen-bond donors (Lipinski definition) is 1. The zero-order valence-electron chi connectivity index (χ0n) is 14.8. The molecule has 0 aliphatic rings. The van der Waals surface area contributed by atoms with Crippen molar-refractivity contribution in [3.05, 3.63) is 86.4 Å². The average molecular weight is 382 g/mol. The molecule has 0 spiro atoms. The van der Waals surface area contributed by atoms with Crippen molar-refractivity contribution in [2.75, 3.05) is 5.32 Å². The van der Waals surface area contributed by atoms with Crippen molar-refractivity contribution < 1.29 is 14.1 Å². The first-order chi connectivity index (χ1) is 13.3. The van der Waals surface area contributed by atoms with Crippen LogP contribution >= 0.6 is 0 Å². The van der Waals surface area contributed by atoms with Gasteiger partial charge in [0.15, 0.2) is 0 Å². The summed E-state index contributed by atoms with van der Waals surface area (Å²) < 4.78 is 14.0. The molecule has 0 unspecified atom stereocenters. The lowest BCUT2D eigenvalue weighted by Gasteiger charge is -2.10. The number of nitrogens with one attached hydrogen (secondary N) is 1. The first kappa shape index (κ1) is 18.9. The molecule has 0 fully saturated rings. The molecule has 0 saturated heterocycles. The largest absolute Gasteiger partial charge is 0.324 e. The van der Waals surface area contributed by atoms with Crippen LogP contribution in [0.1, 0.15) is 5.56 Å². The summed E-state index contributed by atoms with van der Waals surface area (Å²) in [6.45, 7) is 1.31. The van der Waals surface area contributed by atoms with Gasteiger partial charge in [0.25, 0.3) is 11.2 Å². The van der Waals surface area contributed by atoms with Gasteiger partial charge in [-0.1, -0.05) is 6.07 Å². The lowest BCUT2D eigenvalue weighted by atomic mass is 10.1. The summed E-state index contributed by atoms with van der Waals surface area (Å²) >= 11 is 0. The molecule has 0 radical (unpaired) electrons. The van der Waals surface area contributed by atoms with Gasteiger partial charge in [0.05, 0.1) is 16.3 Å². The number of nitro benzene ring substituents is 1. The van der Waals surface area contributed by atoms with Crippen LogP contribution in [0.25, 0.3) is 11.3 Å². The molecule has 1 amide bonds. The maximum Gasteiger partial charge on any atom is 0.271 e. The van der Waals surface area contributed by atoms with Gasteiger partial charge in [0, 0.05) is 23.8 Å². The molecule has 1 N–H and O–H groups in total. The van der Waals surface area contributed by atoms with E-state index in [0.717, 1.165) is 4.68 Å². The number of nitrogens with zero attached hydrogens (tertiary/aromatic N) is 3. The van der Waals surface area contributed by atoms with Crippen LogP contribution in [0.15, 0.2) is 59.4 Å². The third-order valence-electron chi connectivity index (χ3n) is 4.01. The van der Waals surface area contributed by atoms with Crippen molar-refractivity contribution in [1.29, 1.82) is 0 Å².